The van der Waals surface area contributed by atoms with E-state index in [1.807, 2.05) is 13.0 Å². The van der Waals surface area contributed by atoms with Crippen LogP contribution in [0.2, 0.25) is 0 Å². The van der Waals surface area contributed by atoms with Crippen LogP contribution in [-0.4, -0.2) is 5.78 Å². The van der Waals surface area contributed by atoms with E-state index >= 15 is 0 Å². The molecule has 9 heavy (non-hydrogen) atoms. The normalized spacial score (nSPS) is 11.7. The first kappa shape index (κ1) is 8.70. The van der Waals surface area contributed by atoms with E-state index in [4.69, 9.17) is 11.6 Å². The van der Waals surface area contributed by atoms with Gasteiger partial charge in [-0.25, -0.2) is 0 Å². The van der Waals surface area contributed by atoms with Crippen LogP contribution in [0.1, 0.15) is 26.7 Å². The maximum Gasteiger partial charge on any atom is 0.135 e. The van der Waals surface area contributed by atoms with E-state index in [1.54, 1.807) is 0 Å². The second-order valence-corrected chi connectivity index (χ2v) is 2.42. The van der Waals surface area contributed by atoms with Gasteiger partial charge in [0.15, 0.2) is 0 Å². The maximum atomic E-state index is 10.4. The third kappa shape index (κ3) is 5.57. The quantitative estimate of drug-likeness (QED) is 0.598. The molecule has 0 spiro atoms. The fourth-order valence-electron chi connectivity index (χ4n) is 0.531. The average molecular weight is 147 g/mol. The summed E-state index contributed by atoms with van der Waals surface area (Å²) in [5.41, 5.74) is 0. The highest BCUT2D eigenvalue weighted by atomic mass is 35.5. The number of halogens is 1. The monoisotopic (exact) mass is 146 g/mol. The molecule has 0 aliphatic rings. The van der Waals surface area contributed by atoms with Crippen LogP contribution in [0.25, 0.3) is 0 Å². The van der Waals surface area contributed by atoms with Crippen molar-refractivity contribution in [3.8, 4) is 0 Å². The van der Waals surface area contributed by atoms with Crippen LogP contribution in [0.4, 0.5) is 0 Å². The largest absolute Gasteiger partial charge is 0.300 e. The third-order valence-corrected chi connectivity index (χ3v) is 1.13. The molecule has 0 saturated heterocycles. The van der Waals surface area contributed by atoms with Gasteiger partial charge in [0, 0.05) is 11.5 Å². The Morgan fingerprint density at radius 1 is 1.67 bits per heavy atom. The van der Waals surface area contributed by atoms with E-state index in [0.717, 1.165) is 6.42 Å². The lowest BCUT2D eigenvalue weighted by molar-refractivity contribution is -0.116. The average Bonchev–Trinajstić information content (AvgIpc) is 1.63. The molecule has 0 saturated carbocycles. The van der Waals surface area contributed by atoms with Gasteiger partial charge in [0.1, 0.15) is 5.78 Å². The molecule has 0 rings (SSSR count). The molecule has 0 fully saturated rings. The molecule has 52 valence electrons. The first-order chi connectivity index (χ1) is 4.16. The summed E-state index contributed by atoms with van der Waals surface area (Å²) in [5.74, 6) is 0.115. The Kier molecular flexibility index (Phi) is 4.41. The summed E-state index contributed by atoms with van der Waals surface area (Å²) in [7, 11) is 0. The predicted molar refractivity (Wildman–Crippen MR) is 39.5 cm³/mol. The van der Waals surface area contributed by atoms with Crippen LogP contribution in [-0.2, 0) is 4.79 Å². The highest BCUT2D eigenvalue weighted by molar-refractivity contribution is 6.30. The molecule has 0 N–H and O–H groups in total. The van der Waals surface area contributed by atoms with Gasteiger partial charge in [-0.05, 0) is 13.3 Å². The molecule has 0 aromatic rings. The van der Waals surface area contributed by atoms with E-state index in [0.29, 0.717) is 11.5 Å². The second kappa shape index (κ2) is 4.57. The van der Waals surface area contributed by atoms with Gasteiger partial charge in [0.05, 0.1) is 0 Å². The number of ketones is 1. The first-order valence-electron chi connectivity index (χ1n) is 3.00. The minimum absolute atomic E-state index is 0.115. The molecule has 2 heteroatoms. The Labute approximate surface area is 60.7 Å². The number of rotatable bonds is 3. The molecule has 0 aliphatic carbocycles. The standard InChI is InChI=1S/C7H11ClO/c1-3-4-7(8)5-6(2)9/h4H,3,5H2,1-2H3/b7-4-. The summed E-state index contributed by atoms with van der Waals surface area (Å²) in [6.45, 7) is 3.52. The van der Waals surface area contributed by atoms with Gasteiger partial charge < -0.3 is 0 Å². The van der Waals surface area contributed by atoms with Gasteiger partial charge >= 0.3 is 0 Å². The number of carbonyl (C=O) groups excluding carboxylic acids is 1. The van der Waals surface area contributed by atoms with Crippen molar-refractivity contribution in [2.45, 2.75) is 26.7 Å². The predicted octanol–water partition coefficient (Wildman–Crippen LogP) is 2.50. The van der Waals surface area contributed by atoms with Crippen LogP contribution in [0.5, 0.6) is 0 Å². The molecule has 0 aromatic carbocycles. The summed E-state index contributed by atoms with van der Waals surface area (Å²) in [5, 5.41) is 0.657. The molecule has 0 unspecified atom stereocenters. The molecule has 0 aromatic heterocycles. The molecule has 1 nitrogen and oxygen atoms in total. The maximum absolute atomic E-state index is 10.4. The van der Waals surface area contributed by atoms with Crippen LogP contribution >= 0.6 is 11.6 Å². The fourth-order valence-corrected chi connectivity index (χ4v) is 0.874. The Bertz CT molecular complexity index is 127. The molecular weight excluding hydrogens is 136 g/mol. The Morgan fingerprint density at radius 2 is 2.22 bits per heavy atom. The zero-order valence-electron chi connectivity index (χ0n) is 5.78. The van der Waals surface area contributed by atoms with Gasteiger partial charge in [-0.15, -0.1) is 0 Å². The minimum Gasteiger partial charge on any atom is -0.300 e. The summed E-state index contributed by atoms with van der Waals surface area (Å²) < 4.78 is 0. The van der Waals surface area contributed by atoms with Gasteiger partial charge in [-0.3, -0.25) is 4.79 Å². The van der Waals surface area contributed by atoms with Crippen molar-refractivity contribution < 1.29 is 4.79 Å². The van der Waals surface area contributed by atoms with Gasteiger partial charge in [-0.1, -0.05) is 24.6 Å². The number of allylic oxidation sites excluding steroid dienone is 2. The lowest BCUT2D eigenvalue weighted by atomic mass is 10.3. The topological polar surface area (TPSA) is 17.1 Å². The first-order valence-corrected chi connectivity index (χ1v) is 3.38. The molecular formula is C7H11ClO. The summed E-state index contributed by atoms with van der Waals surface area (Å²) >= 11 is 5.62. The van der Waals surface area contributed by atoms with E-state index in [-0.39, 0.29) is 5.78 Å². The van der Waals surface area contributed by atoms with Gasteiger partial charge in [0.2, 0.25) is 0 Å². The summed E-state index contributed by atoms with van der Waals surface area (Å²) in [4.78, 5) is 10.4. The molecule has 0 atom stereocenters. The number of hydrogen-bond donors (Lipinski definition) is 0. The number of carbonyl (C=O) groups is 1. The molecule has 0 radical (unpaired) electrons. The Hall–Kier alpha value is -0.300. The van der Waals surface area contributed by atoms with Gasteiger partial charge in [-0.2, -0.15) is 0 Å². The van der Waals surface area contributed by atoms with E-state index in [2.05, 4.69) is 0 Å². The second-order valence-electron chi connectivity index (χ2n) is 1.94. The Balaban J connectivity index is 3.62. The third-order valence-electron chi connectivity index (χ3n) is 0.843. The van der Waals surface area contributed by atoms with Crippen LogP contribution in [0, 0.1) is 0 Å². The lowest BCUT2D eigenvalue weighted by Gasteiger charge is -1.90. The van der Waals surface area contributed by atoms with Crippen molar-refractivity contribution in [3.05, 3.63) is 11.1 Å². The zero-order valence-corrected chi connectivity index (χ0v) is 6.53. The van der Waals surface area contributed by atoms with Crippen molar-refractivity contribution in [1.82, 2.24) is 0 Å². The van der Waals surface area contributed by atoms with Crippen molar-refractivity contribution >= 4 is 17.4 Å². The number of hydrogen-bond acceptors (Lipinski definition) is 1. The van der Waals surface area contributed by atoms with Crippen molar-refractivity contribution in [1.29, 1.82) is 0 Å². The Morgan fingerprint density at radius 3 is 2.56 bits per heavy atom. The van der Waals surface area contributed by atoms with Gasteiger partial charge in [0.25, 0.3) is 0 Å². The zero-order chi connectivity index (χ0) is 7.28. The van der Waals surface area contributed by atoms with Crippen molar-refractivity contribution in [3.63, 3.8) is 0 Å². The van der Waals surface area contributed by atoms with Crippen molar-refractivity contribution in [2.75, 3.05) is 0 Å². The molecule has 0 aliphatic heterocycles. The number of Topliss-reactive ketones (excluding diaryl/α,β-unsaturated/α-hetero) is 1. The van der Waals surface area contributed by atoms with E-state index in [9.17, 15) is 4.79 Å². The van der Waals surface area contributed by atoms with E-state index in [1.165, 1.54) is 6.92 Å². The fraction of sp³-hybridized carbons (Fsp3) is 0.571. The highest BCUT2D eigenvalue weighted by Gasteiger charge is 1.94. The minimum atomic E-state index is 0.115. The van der Waals surface area contributed by atoms with Crippen LogP contribution < -0.4 is 0 Å². The van der Waals surface area contributed by atoms with E-state index < -0.39 is 0 Å². The molecule has 0 bridgehead atoms. The van der Waals surface area contributed by atoms with Crippen LogP contribution in [0.3, 0.4) is 0 Å². The molecule has 0 heterocycles. The highest BCUT2D eigenvalue weighted by Crippen LogP contribution is 2.07. The SMILES string of the molecule is CC/C=C(\Cl)CC(C)=O. The van der Waals surface area contributed by atoms with Crippen LogP contribution in [0.15, 0.2) is 11.1 Å². The smallest absolute Gasteiger partial charge is 0.135 e. The van der Waals surface area contributed by atoms with Crippen molar-refractivity contribution in [2.24, 2.45) is 0 Å². The summed E-state index contributed by atoms with van der Waals surface area (Å²) in [6.07, 6.45) is 3.13. The summed E-state index contributed by atoms with van der Waals surface area (Å²) in [6, 6.07) is 0. The lowest BCUT2D eigenvalue weighted by Crippen LogP contribution is -1.87. The molecule has 0 amide bonds.